The van der Waals surface area contributed by atoms with E-state index in [4.69, 9.17) is 11.6 Å². The summed E-state index contributed by atoms with van der Waals surface area (Å²) in [6.07, 6.45) is 3.29. The van der Waals surface area contributed by atoms with Crippen LogP contribution >= 0.6 is 11.6 Å². The number of nitrogens with one attached hydrogen (secondary N) is 1. The standard InChI is InChI=1S/C19H20ClN3O2/c1-13-4-9-17(21-11-13)22-18(24)15-3-2-10-23(12-15)19(25)14-5-7-16(20)8-6-14/h4-9,11,15H,2-3,10,12H2,1H3,(H,21,22,24). The molecular weight excluding hydrogens is 338 g/mol. The Balaban J connectivity index is 1.63. The molecule has 0 spiro atoms. The number of piperidine rings is 1. The van der Waals surface area contributed by atoms with Crippen molar-refractivity contribution in [2.75, 3.05) is 18.4 Å². The normalized spacial score (nSPS) is 17.2. The van der Waals surface area contributed by atoms with Gasteiger partial charge in [0.15, 0.2) is 0 Å². The molecule has 3 rings (SSSR count). The van der Waals surface area contributed by atoms with Crippen LogP contribution in [0.25, 0.3) is 0 Å². The second-order valence-corrected chi connectivity index (χ2v) is 6.74. The maximum Gasteiger partial charge on any atom is 0.253 e. The predicted molar refractivity (Wildman–Crippen MR) is 97.7 cm³/mol. The first kappa shape index (κ1) is 17.4. The number of likely N-dealkylation sites (tertiary alicyclic amines) is 1. The molecule has 0 saturated carbocycles. The molecule has 1 aliphatic heterocycles. The van der Waals surface area contributed by atoms with E-state index in [0.29, 0.717) is 29.5 Å². The zero-order valence-electron chi connectivity index (χ0n) is 14.0. The zero-order chi connectivity index (χ0) is 17.8. The lowest BCUT2D eigenvalue weighted by atomic mass is 9.96. The van der Waals surface area contributed by atoms with Crippen molar-refractivity contribution < 1.29 is 9.59 Å². The number of anilines is 1. The van der Waals surface area contributed by atoms with E-state index in [0.717, 1.165) is 18.4 Å². The highest BCUT2D eigenvalue weighted by molar-refractivity contribution is 6.30. The summed E-state index contributed by atoms with van der Waals surface area (Å²) in [4.78, 5) is 31.0. The molecule has 6 heteroatoms. The van der Waals surface area contributed by atoms with E-state index >= 15 is 0 Å². The molecule has 1 saturated heterocycles. The Bertz CT molecular complexity index is 759. The van der Waals surface area contributed by atoms with Gasteiger partial charge in [0.2, 0.25) is 5.91 Å². The number of aromatic nitrogens is 1. The SMILES string of the molecule is Cc1ccc(NC(=O)C2CCCN(C(=O)c3ccc(Cl)cc3)C2)nc1. The number of nitrogens with zero attached hydrogens (tertiary/aromatic N) is 2. The van der Waals surface area contributed by atoms with E-state index in [1.165, 1.54) is 0 Å². The first-order valence-electron chi connectivity index (χ1n) is 8.31. The third-order valence-electron chi connectivity index (χ3n) is 4.33. The van der Waals surface area contributed by atoms with Gasteiger partial charge in [0, 0.05) is 29.9 Å². The molecule has 130 valence electrons. The highest BCUT2D eigenvalue weighted by Crippen LogP contribution is 2.21. The summed E-state index contributed by atoms with van der Waals surface area (Å²) in [5.41, 5.74) is 1.63. The molecule has 2 aromatic rings. The van der Waals surface area contributed by atoms with Gasteiger partial charge in [-0.15, -0.1) is 0 Å². The quantitative estimate of drug-likeness (QED) is 0.913. The fourth-order valence-electron chi connectivity index (χ4n) is 2.92. The van der Waals surface area contributed by atoms with E-state index in [9.17, 15) is 9.59 Å². The molecule has 1 aromatic carbocycles. The Morgan fingerprint density at radius 3 is 2.64 bits per heavy atom. The molecule has 1 fully saturated rings. The number of aryl methyl sites for hydroxylation is 1. The summed E-state index contributed by atoms with van der Waals surface area (Å²) in [7, 11) is 0. The first-order valence-corrected chi connectivity index (χ1v) is 8.69. The molecule has 2 heterocycles. The topological polar surface area (TPSA) is 62.3 Å². The molecular formula is C19H20ClN3O2. The number of carbonyl (C=O) groups is 2. The molecule has 5 nitrogen and oxygen atoms in total. The van der Waals surface area contributed by atoms with Gasteiger partial charge in [0.25, 0.3) is 5.91 Å². The first-order chi connectivity index (χ1) is 12.0. The summed E-state index contributed by atoms with van der Waals surface area (Å²) in [6, 6.07) is 10.5. The Kier molecular flexibility index (Phi) is 5.34. The van der Waals surface area contributed by atoms with Crippen LogP contribution in [-0.2, 0) is 4.79 Å². The van der Waals surface area contributed by atoms with Crippen molar-refractivity contribution in [2.45, 2.75) is 19.8 Å². The maximum absolute atomic E-state index is 12.6. The lowest BCUT2D eigenvalue weighted by Gasteiger charge is -2.32. The second-order valence-electron chi connectivity index (χ2n) is 6.31. The van der Waals surface area contributed by atoms with Crippen LogP contribution in [0.3, 0.4) is 0 Å². The number of carbonyl (C=O) groups excluding carboxylic acids is 2. The molecule has 1 aromatic heterocycles. The Labute approximate surface area is 152 Å². The van der Waals surface area contributed by atoms with Gasteiger partial charge in [-0.3, -0.25) is 9.59 Å². The van der Waals surface area contributed by atoms with E-state index in [-0.39, 0.29) is 17.7 Å². The van der Waals surface area contributed by atoms with Crippen molar-refractivity contribution in [3.63, 3.8) is 0 Å². The van der Waals surface area contributed by atoms with Gasteiger partial charge in [-0.2, -0.15) is 0 Å². The zero-order valence-corrected chi connectivity index (χ0v) is 14.8. The Morgan fingerprint density at radius 2 is 1.96 bits per heavy atom. The predicted octanol–water partition coefficient (Wildman–Crippen LogP) is 3.53. The number of rotatable bonds is 3. The number of hydrogen-bond donors (Lipinski definition) is 1. The van der Waals surface area contributed by atoms with Crippen molar-refractivity contribution in [1.29, 1.82) is 0 Å². The van der Waals surface area contributed by atoms with Crippen LogP contribution in [0.1, 0.15) is 28.8 Å². The fourth-order valence-corrected chi connectivity index (χ4v) is 3.05. The van der Waals surface area contributed by atoms with E-state index in [2.05, 4.69) is 10.3 Å². The number of pyridine rings is 1. The highest BCUT2D eigenvalue weighted by Gasteiger charge is 2.29. The molecule has 2 amide bonds. The van der Waals surface area contributed by atoms with Crippen molar-refractivity contribution in [3.05, 3.63) is 58.7 Å². The molecule has 1 unspecified atom stereocenters. The minimum Gasteiger partial charge on any atom is -0.338 e. The maximum atomic E-state index is 12.6. The summed E-state index contributed by atoms with van der Waals surface area (Å²) in [5.74, 6) is 0.150. The van der Waals surface area contributed by atoms with Crippen LogP contribution in [-0.4, -0.2) is 34.8 Å². The summed E-state index contributed by atoms with van der Waals surface area (Å²) in [6.45, 7) is 3.02. The number of benzene rings is 1. The monoisotopic (exact) mass is 357 g/mol. The van der Waals surface area contributed by atoms with E-state index in [1.807, 2.05) is 13.0 Å². The van der Waals surface area contributed by atoms with Gasteiger partial charge in [-0.25, -0.2) is 4.98 Å². The van der Waals surface area contributed by atoms with E-state index in [1.54, 1.807) is 41.4 Å². The number of amides is 2. The Hall–Kier alpha value is -2.40. The van der Waals surface area contributed by atoms with Gasteiger partial charge < -0.3 is 10.2 Å². The van der Waals surface area contributed by atoms with Crippen molar-refractivity contribution in [3.8, 4) is 0 Å². The van der Waals surface area contributed by atoms with Crippen LogP contribution in [0, 0.1) is 12.8 Å². The summed E-state index contributed by atoms with van der Waals surface area (Å²) in [5, 5.41) is 3.44. The average Bonchev–Trinajstić information content (AvgIpc) is 2.64. The minimum absolute atomic E-state index is 0.0670. The molecule has 0 bridgehead atoms. The largest absolute Gasteiger partial charge is 0.338 e. The lowest BCUT2D eigenvalue weighted by molar-refractivity contribution is -0.121. The second kappa shape index (κ2) is 7.66. The van der Waals surface area contributed by atoms with Crippen LogP contribution in [0.5, 0.6) is 0 Å². The van der Waals surface area contributed by atoms with Crippen molar-refractivity contribution in [2.24, 2.45) is 5.92 Å². The van der Waals surface area contributed by atoms with Crippen LogP contribution in [0.15, 0.2) is 42.6 Å². The van der Waals surface area contributed by atoms with Crippen LogP contribution in [0.2, 0.25) is 5.02 Å². The number of halogens is 1. The molecule has 1 aliphatic rings. The van der Waals surface area contributed by atoms with Gasteiger partial charge in [0.1, 0.15) is 5.82 Å². The number of hydrogen-bond acceptors (Lipinski definition) is 3. The van der Waals surface area contributed by atoms with E-state index < -0.39 is 0 Å². The van der Waals surface area contributed by atoms with Gasteiger partial charge in [-0.05, 0) is 55.7 Å². The average molecular weight is 358 g/mol. The molecule has 0 aliphatic carbocycles. The third-order valence-corrected chi connectivity index (χ3v) is 4.59. The summed E-state index contributed by atoms with van der Waals surface area (Å²) >= 11 is 5.87. The minimum atomic E-state index is -0.229. The Morgan fingerprint density at radius 1 is 1.20 bits per heavy atom. The highest BCUT2D eigenvalue weighted by atomic mass is 35.5. The van der Waals surface area contributed by atoms with Gasteiger partial charge >= 0.3 is 0 Å². The smallest absolute Gasteiger partial charge is 0.253 e. The molecule has 25 heavy (non-hydrogen) atoms. The summed E-state index contributed by atoms with van der Waals surface area (Å²) < 4.78 is 0. The molecule has 0 radical (unpaired) electrons. The lowest BCUT2D eigenvalue weighted by Crippen LogP contribution is -2.43. The molecule has 1 atom stereocenters. The van der Waals surface area contributed by atoms with Crippen molar-refractivity contribution in [1.82, 2.24) is 9.88 Å². The third kappa shape index (κ3) is 4.37. The van der Waals surface area contributed by atoms with Gasteiger partial charge in [-0.1, -0.05) is 17.7 Å². The fraction of sp³-hybridized carbons (Fsp3) is 0.316. The van der Waals surface area contributed by atoms with Crippen molar-refractivity contribution >= 4 is 29.2 Å². The molecule has 1 N–H and O–H groups in total. The van der Waals surface area contributed by atoms with Crippen LogP contribution < -0.4 is 5.32 Å². The van der Waals surface area contributed by atoms with Crippen LogP contribution in [0.4, 0.5) is 5.82 Å². The van der Waals surface area contributed by atoms with Gasteiger partial charge in [0.05, 0.1) is 5.92 Å².